The number of carbonyl (C=O) groups is 3. The number of nitrogens with zero attached hydrogens (tertiary/aromatic N) is 2. The number of benzene rings is 2. The van der Waals surface area contributed by atoms with E-state index in [9.17, 15) is 23.2 Å². The summed E-state index contributed by atoms with van der Waals surface area (Å²) in [5.74, 6) is -2.18. The van der Waals surface area contributed by atoms with Gasteiger partial charge in [0, 0.05) is 48.8 Å². The summed E-state index contributed by atoms with van der Waals surface area (Å²) in [6.45, 7) is 2.13. The molecule has 2 aliphatic heterocycles. The zero-order chi connectivity index (χ0) is 29.5. The third-order valence-electron chi connectivity index (χ3n) is 8.60. The number of aryl methyl sites for hydroxylation is 1. The van der Waals surface area contributed by atoms with Crippen LogP contribution in [0.1, 0.15) is 67.5 Å². The van der Waals surface area contributed by atoms with Crippen LogP contribution < -0.4 is 5.32 Å². The maximum absolute atomic E-state index is 14.7. The first kappa shape index (κ1) is 28.2. The molecule has 216 valence electrons. The number of rotatable bonds is 2. The highest BCUT2D eigenvalue weighted by Crippen LogP contribution is 2.39. The van der Waals surface area contributed by atoms with Gasteiger partial charge in [-0.05, 0) is 84.3 Å². The number of nitrogens with one attached hydrogen (secondary N) is 1. The minimum Gasteiger partial charge on any atom is -0.330 e. The van der Waals surface area contributed by atoms with Gasteiger partial charge in [0.25, 0.3) is 0 Å². The van der Waals surface area contributed by atoms with Gasteiger partial charge in [0.15, 0.2) is 5.82 Å². The molecular weight excluding hydrogens is 560 g/mol. The Morgan fingerprint density at radius 2 is 1.83 bits per heavy atom. The van der Waals surface area contributed by atoms with Gasteiger partial charge in [-0.25, -0.2) is 8.78 Å². The van der Waals surface area contributed by atoms with Crippen LogP contribution in [0.2, 0.25) is 5.02 Å². The lowest BCUT2D eigenvalue weighted by Crippen LogP contribution is -2.38. The SMILES string of the molecule is C[C@@H]1CCC[C@H](N2CCC(c3c(F)ccc(Cl)c3F)=CC2=O)c2cc(ccn2)-c2cc3c(cc2NC1=O)CC(=O)CC3. The van der Waals surface area contributed by atoms with Gasteiger partial charge in [-0.2, -0.15) is 0 Å². The molecule has 0 spiro atoms. The first-order valence-electron chi connectivity index (χ1n) is 14.3. The summed E-state index contributed by atoms with van der Waals surface area (Å²) in [7, 11) is 0. The fourth-order valence-corrected chi connectivity index (χ4v) is 6.41. The number of pyridine rings is 1. The van der Waals surface area contributed by atoms with E-state index in [4.69, 9.17) is 11.6 Å². The number of ketones is 1. The van der Waals surface area contributed by atoms with E-state index in [1.54, 1.807) is 11.1 Å². The van der Waals surface area contributed by atoms with Crippen LogP contribution >= 0.6 is 11.6 Å². The molecule has 0 saturated heterocycles. The minimum atomic E-state index is -0.873. The molecule has 0 saturated carbocycles. The van der Waals surface area contributed by atoms with Gasteiger partial charge in [0.05, 0.1) is 22.3 Å². The Hall–Kier alpha value is -3.91. The lowest BCUT2D eigenvalue weighted by Gasteiger charge is -2.34. The van der Waals surface area contributed by atoms with Crippen molar-refractivity contribution < 1.29 is 23.2 Å². The molecule has 1 aromatic heterocycles. The van der Waals surface area contributed by atoms with E-state index in [2.05, 4.69) is 16.4 Å². The van der Waals surface area contributed by atoms with Gasteiger partial charge in [0.2, 0.25) is 11.8 Å². The van der Waals surface area contributed by atoms with Crippen molar-refractivity contribution in [2.75, 3.05) is 11.9 Å². The van der Waals surface area contributed by atoms with E-state index in [0.717, 1.165) is 34.4 Å². The van der Waals surface area contributed by atoms with E-state index in [0.29, 0.717) is 49.9 Å². The van der Waals surface area contributed by atoms with Crippen molar-refractivity contribution in [1.82, 2.24) is 9.88 Å². The van der Waals surface area contributed by atoms with Gasteiger partial charge in [0.1, 0.15) is 11.6 Å². The van der Waals surface area contributed by atoms with Crippen LogP contribution in [-0.2, 0) is 27.2 Å². The molecule has 42 heavy (non-hydrogen) atoms. The zero-order valence-electron chi connectivity index (χ0n) is 23.2. The molecule has 3 heterocycles. The number of halogens is 3. The Morgan fingerprint density at radius 3 is 2.64 bits per heavy atom. The maximum Gasteiger partial charge on any atom is 0.247 e. The molecule has 3 aromatic rings. The molecule has 3 aliphatic rings. The number of Topliss-reactive ketones (excluding diaryl/α,β-unsaturated/α-hetero) is 1. The lowest BCUT2D eigenvalue weighted by molar-refractivity contribution is -0.129. The average Bonchev–Trinajstić information content (AvgIpc) is 2.97. The Labute approximate surface area is 247 Å². The van der Waals surface area contributed by atoms with Crippen LogP contribution in [0.25, 0.3) is 16.7 Å². The third kappa shape index (κ3) is 5.36. The summed E-state index contributed by atoms with van der Waals surface area (Å²) in [5.41, 5.74) is 5.07. The monoisotopic (exact) mass is 589 g/mol. The summed E-state index contributed by atoms with van der Waals surface area (Å²) in [4.78, 5) is 45.2. The Morgan fingerprint density at radius 1 is 1.00 bits per heavy atom. The van der Waals surface area contributed by atoms with Gasteiger partial charge in [-0.1, -0.05) is 24.9 Å². The fraction of sp³-hybridized carbons (Fsp3) is 0.333. The second-order valence-corrected chi connectivity index (χ2v) is 11.8. The molecule has 2 aromatic carbocycles. The molecule has 1 aliphatic carbocycles. The highest BCUT2D eigenvalue weighted by Gasteiger charge is 2.31. The van der Waals surface area contributed by atoms with E-state index < -0.39 is 17.7 Å². The topological polar surface area (TPSA) is 79.4 Å². The lowest BCUT2D eigenvalue weighted by atomic mass is 9.86. The molecular formula is C33H30ClF2N3O3. The largest absolute Gasteiger partial charge is 0.330 e. The molecule has 2 amide bonds. The van der Waals surface area contributed by atoms with Crippen LogP contribution in [0, 0.1) is 17.6 Å². The highest BCUT2D eigenvalue weighted by atomic mass is 35.5. The van der Waals surface area contributed by atoms with Crippen LogP contribution in [-0.4, -0.2) is 34.0 Å². The van der Waals surface area contributed by atoms with E-state index in [1.807, 2.05) is 25.1 Å². The van der Waals surface area contributed by atoms with Crippen molar-refractivity contribution in [2.45, 2.75) is 57.9 Å². The second kappa shape index (κ2) is 11.4. The van der Waals surface area contributed by atoms with Crippen molar-refractivity contribution in [3.63, 3.8) is 0 Å². The van der Waals surface area contributed by atoms with Gasteiger partial charge in [-0.15, -0.1) is 0 Å². The predicted octanol–water partition coefficient (Wildman–Crippen LogP) is 6.85. The smallest absolute Gasteiger partial charge is 0.247 e. The molecule has 0 radical (unpaired) electrons. The number of amides is 2. The van der Waals surface area contributed by atoms with E-state index in [1.165, 1.54) is 6.08 Å². The van der Waals surface area contributed by atoms with Gasteiger partial charge >= 0.3 is 0 Å². The fourth-order valence-electron chi connectivity index (χ4n) is 6.25. The first-order chi connectivity index (χ1) is 20.2. The molecule has 0 unspecified atom stereocenters. The summed E-state index contributed by atoms with van der Waals surface area (Å²) in [5, 5.41) is 2.90. The number of hydrogen-bond acceptors (Lipinski definition) is 4. The molecule has 1 N–H and O–H groups in total. The van der Waals surface area contributed by atoms with Crippen LogP contribution in [0.4, 0.5) is 14.5 Å². The minimum absolute atomic E-state index is 0.100. The Bertz CT molecular complexity index is 1650. The molecule has 9 heteroatoms. The van der Waals surface area contributed by atoms with Gasteiger partial charge in [-0.3, -0.25) is 19.4 Å². The number of fused-ring (bicyclic) bond motifs is 5. The van der Waals surface area contributed by atoms with Crippen molar-refractivity contribution >= 4 is 40.5 Å². The molecule has 0 fully saturated rings. The Kier molecular flexibility index (Phi) is 7.66. The van der Waals surface area contributed by atoms with Crippen molar-refractivity contribution in [3.8, 4) is 11.1 Å². The summed E-state index contributed by atoms with van der Waals surface area (Å²) < 4.78 is 29.3. The second-order valence-electron chi connectivity index (χ2n) is 11.4. The highest BCUT2D eigenvalue weighted by molar-refractivity contribution is 6.31. The van der Waals surface area contributed by atoms with Crippen LogP contribution in [0.5, 0.6) is 0 Å². The summed E-state index contributed by atoms with van der Waals surface area (Å²) in [6.07, 6.45) is 6.58. The maximum atomic E-state index is 14.7. The van der Waals surface area contributed by atoms with Gasteiger partial charge < -0.3 is 10.2 Å². The number of hydrogen-bond donors (Lipinski definition) is 1. The molecule has 2 bridgehead atoms. The first-order valence-corrected chi connectivity index (χ1v) is 14.7. The number of anilines is 1. The molecule has 6 nitrogen and oxygen atoms in total. The zero-order valence-corrected chi connectivity index (χ0v) is 23.9. The van der Waals surface area contributed by atoms with Crippen molar-refractivity contribution in [1.29, 1.82) is 0 Å². The summed E-state index contributed by atoms with van der Waals surface area (Å²) in [6, 6.07) is 9.67. The number of aromatic nitrogens is 1. The standard InChI is InChI=1S/C33H30ClF2N3O3/c1-18-3-2-4-29(39-12-10-21(17-30(39)41)31-26(35)8-7-25(34)32(31)36)28-15-20(9-11-37-28)24-14-19-5-6-23(40)13-22(19)16-27(24)38-33(18)42/h7-9,11,14-18,29H,2-6,10,12-13H2,1H3,(H,38,42)/t18-,29+/m1/s1. The summed E-state index contributed by atoms with van der Waals surface area (Å²) >= 11 is 5.90. The van der Waals surface area contributed by atoms with Crippen LogP contribution in [0.3, 0.4) is 0 Å². The third-order valence-corrected chi connectivity index (χ3v) is 8.89. The van der Waals surface area contributed by atoms with Crippen molar-refractivity contribution in [2.24, 2.45) is 5.92 Å². The van der Waals surface area contributed by atoms with Crippen molar-refractivity contribution in [3.05, 3.63) is 87.7 Å². The number of carbonyl (C=O) groups excluding carboxylic acids is 3. The normalized spacial score (nSPS) is 21.0. The van der Waals surface area contributed by atoms with E-state index >= 15 is 0 Å². The molecule has 2 atom stereocenters. The molecule has 6 rings (SSSR count). The quantitative estimate of drug-likeness (QED) is 0.331. The Balaban J connectivity index is 1.40. The average molecular weight is 590 g/mol. The van der Waals surface area contributed by atoms with Crippen LogP contribution in [0.15, 0.2) is 48.7 Å². The predicted molar refractivity (Wildman–Crippen MR) is 157 cm³/mol. The van der Waals surface area contributed by atoms with E-state index in [-0.39, 0.29) is 52.6 Å².